The molecule has 3 amide bonds. The summed E-state index contributed by atoms with van der Waals surface area (Å²) in [7, 11) is 1.53. The minimum Gasteiger partial charge on any atom is -0.353 e. The average molecular weight is 417 g/mol. The monoisotopic (exact) mass is 416 g/mol. The maximum absolute atomic E-state index is 12.4. The maximum atomic E-state index is 12.4. The fraction of sp³-hybridized carbons (Fsp3) is 0.500. The van der Waals surface area contributed by atoms with Crippen molar-refractivity contribution in [1.29, 1.82) is 0 Å². The lowest BCUT2D eigenvalue weighted by Gasteiger charge is -2.23. The van der Waals surface area contributed by atoms with Crippen molar-refractivity contribution in [2.75, 3.05) is 38.5 Å². The number of halogens is 2. The van der Waals surface area contributed by atoms with Crippen LogP contribution in [0.25, 0.3) is 0 Å². The molecule has 0 aliphatic heterocycles. The van der Waals surface area contributed by atoms with Gasteiger partial charge in [0.2, 0.25) is 17.7 Å². The summed E-state index contributed by atoms with van der Waals surface area (Å²) >= 11 is 12.0. The van der Waals surface area contributed by atoms with Crippen molar-refractivity contribution in [2.45, 2.75) is 26.8 Å². The molecule has 0 bridgehead atoms. The molecule has 0 saturated heterocycles. The molecule has 9 heteroatoms. The Kier molecular flexibility index (Phi) is 9.55. The quantitative estimate of drug-likeness (QED) is 0.646. The molecule has 150 valence electrons. The van der Waals surface area contributed by atoms with Gasteiger partial charge in [-0.1, -0.05) is 36.2 Å². The first-order chi connectivity index (χ1) is 12.6. The largest absolute Gasteiger partial charge is 0.353 e. The molecule has 0 aromatic heterocycles. The average Bonchev–Trinajstić information content (AvgIpc) is 2.56. The third-order valence-electron chi connectivity index (χ3n) is 3.66. The third-order valence-corrected chi connectivity index (χ3v) is 4.29. The summed E-state index contributed by atoms with van der Waals surface area (Å²) in [5, 5.41) is 6.03. The summed E-state index contributed by atoms with van der Waals surface area (Å²) in [5.74, 6) is -0.829. The van der Waals surface area contributed by atoms with Gasteiger partial charge in [0, 0.05) is 13.1 Å². The topological polar surface area (TPSA) is 81.8 Å². The molecule has 0 heterocycles. The molecule has 0 saturated carbocycles. The van der Waals surface area contributed by atoms with Crippen molar-refractivity contribution >= 4 is 46.6 Å². The van der Waals surface area contributed by atoms with Crippen LogP contribution in [0.2, 0.25) is 10.0 Å². The van der Waals surface area contributed by atoms with Gasteiger partial charge in [0.05, 0.1) is 35.4 Å². The maximum Gasteiger partial charge on any atom is 0.244 e. The van der Waals surface area contributed by atoms with Gasteiger partial charge < -0.3 is 15.5 Å². The summed E-state index contributed by atoms with van der Waals surface area (Å²) in [4.78, 5) is 39.4. The Bertz CT molecular complexity index is 662. The number of nitrogens with zero attached hydrogens (tertiary/aromatic N) is 2. The van der Waals surface area contributed by atoms with Crippen LogP contribution in [0.3, 0.4) is 0 Å². The van der Waals surface area contributed by atoms with Gasteiger partial charge in [-0.15, -0.1) is 0 Å². The second-order valence-electron chi connectivity index (χ2n) is 6.42. The standard InChI is InChI=1S/C18H26Cl2N4O3/c1-5-24(10-16(26)21-12(2)3)11-17(27)23(4)9-15(25)22-18-13(19)7-6-8-14(18)20/h6-8,12H,5,9-11H2,1-4H3,(H,21,26)(H,22,25). The van der Waals surface area contributed by atoms with Gasteiger partial charge in [0.15, 0.2) is 0 Å². The zero-order valence-electron chi connectivity index (χ0n) is 16.0. The molecular formula is C18H26Cl2N4O3. The van der Waals surface area contributed by atoms with Crippen molar-refractivity contribution < 1.29 is 14.4 Å². The minimum absolute atomic E-state index is 0.0370. The van der Waals surface area contributed by atoms with E-state index in [1.165, 1.54) is 11.9 Å². The molecule has 0 unspecified atom stereocenters. The van der Waals surface area contributed by atoms with Crippen LogP contribution < -0.4 is 10.6 Å². The van der Waals surface area contributed by atoms with Crippen LogP contribution in [0.4, 0.5) is 5.69 Å². The van der Waals surface area contributed by atoms with Gasteiger partial charge in [0.1, 0.15) is 0 Å². The Hall–Kier alpha value is -1.83. The van der Waals surface area contributed by atoms with Crippen molar-refractivity contribution in [2.24, 2.45) is 0 Å². The van der Waals surface area contributed by atoms with Crippen molar-refractivity contribution in [1.82, 2.24) is 15.1 Å². The van der Waals surface area contributed by atoms with E-state index in [0.717, 1.165) is 0 Å². The van der Waals surface area contributed by atoms with Gasteiger partial charge >= 0.3 is 0 Å². The van der Waals surface area contributed by atoms with Gasteiger partial charge in [-0.2, -0.15) is 0 Å². The van der Waals surface area contributed by atoms with Gasteiger partial charge in [0.25, 0.3) is 0 Å². The Labute approximate surface area is 170 Å². The summed E-state index contributed by atoms with van der Waals surface area (Å²) < 4.78 is 0. The summed E-state index contributed by atoms with van der Waals surface area (Å²) in [6.45, 7) is 6.15. The highest BCUT2D eigenvalue weighted by Crippen LogP contribution is 2.29. The zero-order chi connectivity index (χ0) is 20.6. The van der Waals surface area contributed by atoms with E-state index in [4.69, 9.17) is 23.2 Å². The number of carbonyl (C=O) groups excluding carboxylic acids is 3. The van der Waals surface area contributed by atoms with E-state index >= 15 is 0 Å². The zero-order valence-corrected chi connectivity index (χ0v) is 17.5. The van der Waals surface area contributed by atoms with Crippen molar-refractivity contribution in [3.05, 3.63) is 28.2 Å². The van der Waals surface area contributed by atoms with Crippen LogP contribution in [0, 0.1) is 0 Å². The summed E-state index contributed by atoms with van der Waals surface area (Å²) in [5.41, 5.74) is 0.312. The molecule has 0 aliphatic rings. The highest BCUT2D eigenvalue weighted by atomic mass is 35.5. The highest BCUT2D eigenvalue weighted by Gasteiger charge is 2.19. The number of likely N-dealkylation sites (N-methyl/N-ethyl adjacent to an activating group) is 2. The first-order valence-electron chi connectivity index (χ1n) is 8.63. The first-order valence-corrected chi connectivity index (χ1v) is 9.39. The number of para-hydroxylation sites is 1. The Morgan fingerprint density at radius 1 is 1.04 bits per heavy atom. The van der Waals surface area contributed by atoms with E-state index in [0.29, 0.717) is 22.3 Å². The second-order valence-corrected chi connectivity index (χ2v) is 7.23. The molecular weight excluding hydrogens is 391 g/mol. The van der Waals surface area contributed by atoms with E-state index in [2.05, 4.69) is 10.6 Å². The number of rotatable bonds is 9. The fourth-order valence-electron chi connectivity index (χ4n) is 2.26. The second kappa shape index (κ2) is 11.1. The molecule has 1 aromatic carbocycles. The van der Waals surface area contributed by atoms with Crippen LogP contribution in [0.1, 0.15) is 20.8 Å². The van der Waals surface area contributed by atoms with E-state index in [-0.39, 0.29) is 37.5 Å². The predicted octanol–water partition coefficient (Wildman–Crippen LogP) is 2.24. The smallest absolute Gasteiger partial charge is 0.244 e. The van der Waals surface area contributed by atoms with Crippen molar-refractivity contribution in [3.63, 3.8) is 0 Å². The number of nitrogens with one attached hydrogen (secondary N) is 2. The van der Waals surface area contributed by atoms with Crippen LogP contribution in [0.5, 0.6) is 0 Å². The molecule has 1 aromatic rings. The number of carbonyl (C=O) groups is 3. The first kappa shape index (κ1) is 23.2. The lowest BCUT2D eigenvalue weighted by molar-refractivity contribution is -0.135. The number of hydrogen-bond acceptors (Lipinski definition) is 4. The predicted molar refractivity (Wildman–Crippen MR) is 108 cm³/mol. The van der Waals surface area contributed by atoms with E-state index in [1.807, 2.05) is 20.8 Å². The van der Waals surface area contributed by atoms with Crippen LogP contribution in [-0.2, 0) is 14.4 Å². The molecule has 7 nitrogen and oxygen atoms in total. The molecule has 27 heavy (non-hydrogen) atoms. The summed E-state index contributed by atoms with van der Waals surface area (Å²) in [6.07, 6.45) is 0. The SMILES string of the molecule is CCN(CC(=O)NC(C)C)CC(=O)N(C)CC(=O)Nc1c(Cl)cccc1Cl. The number of amides is 3. The van der Waals surface area contributed by atoms with Crippen LogP contribution in [0.15, 0.2) is 18.2 Å². The van der Waals surface area contributed by atoms with Gasteiger partial charge in [-0.05, 0) is 32.5 Å². The van der Waals surface area contributed by atoms with Gasteiger partial charge in [-0.3, -0.25) is 19.3 Å². The molecule has 0 spiro atoms. The fourth-order valence-corrected chi connectivity index (χ4v) is 2.75. The Morgan fingerprint density at radius 3 is 2.15 bits per heavy atom. The molecule has 0 radical (unpaired) electrons. The molecule has 0 atom stereocenters. The number of anilines is 1. The minimum atomic E-state index is -0.415. The lowest BCUT2D eigenvalue weighted by atomic mass is 10.3. The van der Waals surface area contributed by atoms with Crippen molar-refractivity contribution in [3.8, 4) is 0 Å². The lowest BCUT2D eigenvalue weighted by Crippen LogP contribution is -2.45. The molecule has 0 fully saturated rings. The molecule has 0 aliphatic carbocycles. The molecule has 1 rings (SSSR count). The van der Waals surface area contributed by atoms with E-state index in [9.17, 15) is 14.4 Å². The number of hydrogen-bond donors (Lipinski definition) is 2. The molecule has 2 N–H and O–H groups in total. The van der Waals surface area contributed by atoms with E-state index in [1.54, 1.807) is 23.1 Å². The van der Waals surface area contributed by atoms with Crippen LogP contribution >= 0.6 is 23.2 Å². The normalized spacial score (nSPS) is 10.8. The summed E-state index contributed by atoms with van der Waals surface area (Å²) in [6, 6.07) is 4.93. The van der Waals surface area contributed by atoms with E-state index < -0.39 is 5.91 Å². The highest BCUT2D eigenvalue weighted by molar-refractivity contribution is 6.39. The van der Waals surface area contributed by atoms with Gasteiger partial charge in [-0.25, -0.2) is 0 Å². The Morgan fingerprint density at radius 2 is 1.63 bits per heavy atom. The Balaban J connectivity index is 2.57. The third kappa shape index (κ3) is 8.15. The number of benzene rings is 1. The van der Waals surface area contributed by atoms with Crippen LogP contribution in [-0.4, -0.2) is 66.8 Å².